The van der Waals surface area contributed by atoms with Gasteiger partial charge in [0.25, 0.3) is 0 Å². The highest BCUT2D eigenvalue weighted by Gasteiger charge is 2.17. The van der Waals surface area contributed by atoms with Gasteiger partial charge in [0, 0.05) is 34.8 Å². The number of hydrogen-bond acceptors (Lipinski definition) is 6. The molecule has 4 heterocycles. The number of aromatic nitrogens is 6. The van der Waals surface area contributed by atoms with E-state index < -0.39 is 6.23 Å². The first-order valence-electron chi connectivity index (χ1n) is 12.5. The van der Waals surface area contributed by atoms with Crippen LogP contribution in [0.25, 0.3) is 55.7 Å². The predicted octanol–water partition coefficient (Wildman–Crippen LogP) is 6.15. The minimum atomic E-state index is -0.653. The second kappa shape index (κ2) is 9.68. The van der Waals surface area contributed by atoms with E-state index in [1.165, 1.54) is 12.1 Å². The lowest BCUT2D eigenvalue weighted by Gasteiger charge is -2.19. The molecule has 0 bridgehead atoms. The Kier molecular flexibility index (Phi) is 6.05. The molecular weight excluding hydrogens is 481 g/mol. The molecule has 0 aliphatic carbocycles. The summed E-state index contributed by atoms with van der Waals surface area (Å²) in [5, 5.41) is 22.0. The molecule has 0 aliphatic heterocycles. The molecule has 190 valence electrons. The Labute approximate surface area is 218 Å². The molecule has 0 radical (unpaired) electrons. The molecule has 4 N–H and O–H groups in total. The Balaban J connectivity index is 1.39. The van der Waals surface area contributed by atoms with Crippen LogP contribution in [0.4, 0.5) is 10.1 Å². The Morgan fingerprint density at radius 3 is 2.66 bits per heavy atom. The van der Waals surface area contributed by atoms with Gasteiger partial charge in [-0.15, -0.1) is 0 Å². The van der Waals surface area contributed by atoms with Crippen molar-refractivity contribution < 1.29 is 9.50 Å². The van der Waals surface area contributed by atoms with Gasteiger partial charge in [0.1, 0.15) is 17.7 Å². The maximum Gasteiger partial charge on any atom is 0.159 e. The Hall–Kier alpha value is -4.63. The lowest BCUT2D eigenvalue weighted by atomic mass is 10.0. The van der Waals surface area contributed by atoms with E-state index in [2.05, 4.69) is 30.5 Å². The average molecular weight is 508 g/mol. The molecule has 6 aromatic rings. The number of halogens is 1. The molecular formula is C29H26FN7O. The van der Waals surface area contributed by atoms with Crippen molar-refractivity contribution >= 4 is 27.6 Å². The summed E-state index contributed by atoms with van der Waals surface area (Å²) in [7, 11) is 0. The van der Waals surface area contributed by atoms with Gasteiger partial charge in [-0.2, -0.15) is 5.10 Å². The molecule has 2 aromatic carbocycles. The summed E-state index contributed by atoms with van der Waals surface area (Å²) in [4.78, 5) is 16.8. The van der Waals surface area contributed by atoms with Crippen molar-refractivity contribution in [2.45, 2.75) is 26.5 Å². The fourth-order valence-corrected chi connectivity index (χ4v) is 4.50. The van der Waals surface area contributed by atoms with Crippen molar-refractivity contribution in [2.75, 3.05) is 5.32 Å². The van der Waals surface area contributed by atoms with Crippen molar-refractivity contribution in [1.82, 2.24) is 30.1 Å². The second-order valence-corrected chi connectivity index (χ2v) is 9.45. The highest BCUT2D eigenvalue weighted by molar-refractivity contribution is 5.98. The summed E-state index contributed by atoms with van der Waals surface area (Å²) >= 11 is 0. The number of pyridine rings is 2. The van der Waals surface area contributed by atoms with Crippen molar-refractivity contribution in [2.24, 2.45) is 5.92 Å². The minimum absolute atomic E-state index is 0.115. The molecule has 2 unspecified atom stereocenters. The highest BCUT2D eigenvalue weighted by Crippen LogP contribution is 2.33. The lowest BCUT2D eigenvalue weighted by molar-refractivity contribution is 0.141. The van der Waals surface area contributed by atoms with Crippen molar-refractivity contribution in [1.29, 1.82) is 0 Å². The van der Waals surface area contributed by atoms with Gasteiger partial charge >= 0.3 is 0 Å². The monoisotopic (exact) mass is 507 g/mol. The lowest BCUT2D eigenvalue weighted by Crippen LogP contribution is -2.26. The van der Waals surface area contributed by atoms with Crippen LogP contribution in [0.2, 0.25) is 0 Å². The summed E-state index contributed by atoms with van der Waals surface area (Å²) in [6.45, 7) is 4.04. The molecule has 9 heteroatoms. The summed E-state index contributed by atoms with van der Waals surface area (Å²) in [6.07, 6.45) is 7.10. The first kappa shape index (κ1) is 23.7. The van der Waals surface area contributed by atoms with Gasteiger partial charge in [0.15, 0.2) is 5.82 Å². The van der Waals surface area contributed by atoms with Crippen LogP contribution < -0.4 is 5.32 Å². The van der Waals surface area contributed by atoms with E-state index in [0.717, 1.165) is 45.2 Å². The number of fused-ring (bicyclic) bond motifs is 2. The summed E-state index contributed by atoms with van der Waals surface area (Å²) < 4.78 is 13.9. The first-order chi connectivity index (χ1) is 18.5. The van der Waals surface area contributed by atoms with E-state index in [-0.39, 0.29) is 11.7 Å². The number of nitrogens with zero attached hydrogens (tertiary/aromatic N) is 4. The molecule has 4 aromatic heterocycles. The number of hydrogen-bond donors (Lipinski definition) is 4. The van der Waals surface area contributed by atoms with Gasteiger partial charge in [-0.05, 0) is 47.9 Å². The highest BCUT2D eigenvalue weighted by atomic mass is 19.1. The van der Waals surface area contributed by atoms with Gasteiger partial charge in [0.05, 0.1) is 34.6 Å². The van der Waals surface area contributed by atoms with E-state index >= 15 is 0 Å². The zero-order valence-electron chi connectivity index (χ0n) is 20.9. The molecule has 0 spiro atoms. The van der Waals surface area contributed by atoms with Crippen LogP contribution in [0.1, 0.15) is 20.3 Å². The van der Waals surface area contributed by atoms with E-state index in [1.807, 2.05) is 44.2 Å². The van der Waals surface area contributed by atoms with Crippen LogP contribution in [-0.2, 0) is 0 Å². The summed E-state index contributed by atoms with van der Waals surface area (Å²) in [6, 6.07) is 14.4. The maximum absolute atomic E-state index is 13.9. The molecule has 6 rings (SSSR count). The van der Waals surface area contributed by atoms with Crippen LogP contribution in [0.15, 0.2) is 73.3 Å². The minimum Gasteiger partial charge on any atom is -0.374 e. The third-order valence-corrected chi connectivity index (χ3v) is 6.89. The quantitative estimate of drug-likeness (QED) is 0.193. The number of aliphatic hydroxyl groups is 1. The number of H-pyrrole nitrogens is 2. The van der Waals surface area contributed by atoms with Crippen LogP contribution >= 0.6 is 0 Å². The predicted molar refractivity (Wildman–Crippen MR) is 147 cm³/mol. The number of imidazole rings is 1. The van der Waals surface area contributed by atoms with Gasteiger partial charge in [-0.1, -0.05) is 32.0 Å². The number of aromatic amines is 2. The SMILES string of the molecule is CCC(C)C(O)Nc1cncc(-c2ccc3[nH]nc(-c4nc5c(-c6cccc(F)c6)cncc5[nH]4)c3c2)c1. The van der Waals surface area contributed by atoms with Gasteiger partial charge in [-0.25, -0.2) is 9.37 Å². The normalized spacial score (nSPS) is 13.2. The molecule has 0 saturated carbocycles. The Morgan fingerprint density at radius 1 is 0.947 bits per heavy atom. The summed E-state index contributed by atoms with van der Waals surface area (Å²) in [5.41, 5.74) is 7.00. The molecule has 0 amide bonds. The first-order valence-corrected chi connectivity index (χ1v) is 12.5. The molecule has 0 aliphatic rings. The maximum atomic E-state index is 13.9. The fraction of sp³-hybridized carbons (Fsp3) is 0.172. The smallest absolute Gasteiger partial charge is 0.159 e. The van der Waals surface area contributed by atoms with Crippen molar-refractivity contribution in [3.63, 3.8) is 0 Å². The van der Waals surface area contributed by atoms with Gasteiger partial charge in [0.2, 0.25) is 0 Å². The van der Waals surface area contributed by atoms with E-state index in [4.69, 9.17) is 4.98 Å². The largest absolute Gasteiger partial charge is 0.374 e. The summed E-state index contributed by atoms with van der Waals surface area (Å²) in [5.74, 6) is 0.382. The molecule has 38 heavy (non-hydrogen) atoms. The molecule has 0 fully saturated rings. The third kappa shape index (κ3) is 4.37. The van der Waals surface area contributed by atoms with Crippen LogP contribution in [0.5, 0.6) is 0 Å². The fourth-order valence-electron chi connectivity index (χ4n) is 4.50. The van der Waals surface area contributed by atoms with Crippen molar-refractivity contribution in [3.05, 3.63) is 79.1 Å². The number of anilines is 1. The van der Waals surface area contributed by atoms with E-state index in [9.17, 15) is 9.50 Å². The molecule has 0 saturated heterocycles. The number of benzene rings is 2. The Morgan fingerprint density at radius 2 is 1.82 bits per heavy atom. The third-order valence-electron chi connectivity index (χ3n) is 6.89. The van der Waals surface area contributed by atoms with Crippen molar-refractivity contribution in [3.8, 4) is 33.8 Å². The standard InChI is InChI=1S/C29H26FN7O/c1-3-16(2)29(38)33-21-10-19(12-31-13-21)17-7-8-24-22(11-17)27(37-36-24)28-34-25-15-32-14-23(26(25)35-28)18-5-4-6-20(30)9-18/h4-16,29,33,38H,3H2,1-2H3,(H,34,35)(H,36,37). The second-order valence-electron chi connectivity index (χ2n) is 9.45. The number of nitrogens with one attached hydrogen (secondary N) is 3. The zero-order chi connectivity index (χ0) is 26.2. The van der Waals surface area contributed by atoms with Gasteiger partial charge in [-0.3, -0.25) is 15.1 Å². The number of rotatable bonds is 7. The topological polar surface area (TPSA) is 115 Å². The van der Waals surface area contributed by atoms with Crippen LogP contribution in [0.3, 0.4) is 0 Å². The Bertz CT molecular complexity index is 1760. The molecule has 8 nitrogen and oxygen atoms in total. The number of aliphatic hydroxyl groups excluding tert-OH is 1. The van der Waals surface area contributed by atoms with E-state index in [0.29, 0.717) is 22.6 Å². The zero-order valence-corrected chi connectivity index (χ0v) is 20.9. The molecule has 2 atom stereocenters. The van der Waals surface area contributed by atoms with Crippen LogP contribution in [-0.4, -0.2) is 41.5 Å². The van der Waals surface area contributed by atoms with Gasteiger partial charge < -0.3 is 15.4 Å². The van der Waals surface area contributed by atoms with E-state index in [1.54, 1.807) is 30.9 Å². The average Bonchev–Trinajstić information content (AvgIpc) is 3.56. The van der Waals surface area contributed by atoms with Crippen LogP contribution in [0, 0.1) is 11.7 Å².